The van der Waals surface area contributed by atoms with Gasteiger partial charge in [0.15, 0.2) is 0 Å². The zero-order valence-electron chi connectivity index (χ0n) is 12.5. The van der Waals surface area contributed by atoms with E-state index in [4.69, 9.17) is 0 Å². The number of pyridine rings is 1. The third-order valence-electron chi connectivity index (χ3n) is 4.10. The zero-order chi connectivity index (χ0) is 14.8. The Morgan fingerprint density at radius 2 is 1.81 bits per heavy atom. The first-order valence-corrected chi connectivity index (χ1v) is 7.38. The van der Waals surface area contributed by atoms with E-state index in [1.807, 2.05) is 26.0 Å². The molecule has 1 aliphatic heterocycles. The summed E-state index contributed by atoms with van der Waals surface area (Å²) in [5, 5.41) is 0. The van der Waals surface area contributed by atoms with Gasteiger partial charge in [0.05, 0.1) is 6.54 Å². The fourth-order valence-corrected chi connectivity index (χ4v) is 2.71. The molecule has 2 aromatic rings. The van der Waals surface area contributed by atoms with Crippen LogP contribution in [0.25, 0.3) is 0 Å². The summed E-state index contributed by atoms with van der Waals surface area (Å²) in [6.45, 7) is 6.26. The molecule has 0 atom stereocenters. The molecule has 5 heteroatoms. The molecule has 0 aromatic carbocycles. The number of hydrogen-bond acceptors (Lipinski definition) is 4. The Balaban J connectivity index is 2.08. The lowest BCUT2D eigenvalue weighted by Crippen LogP contribution is -2.33. The van der Waals surface area contributed by atoms with E-state index < -0.39 is 0 Å². The van der Waals surface area contributed by atoms with Crippen molar-refractivity contribution in [3.05, 3.63) is 51.7 Å². The first-order chi connectivity index (χ1) is 10.2. The highest BCUT2D eigenvalue weighted by Crippen LogP contribution is 2.19. The smallest absolute Gasteiger partial charge is 0.258 e. The Labute approximate surface area is 124 Å². The molecule has 0 N–H and O–H groups in total. The van der Waals surface area contributed by atoms with E-state index in [2.05, 4.69) is 14.9 Å². The fourth-order valence-electron chi connectivity index (χ4n) is 2.71. The van der Waals surface area contributed by atoms with Gasteiger partial charge >= 0.3 is 0 Å². The molecule has 0 unspecified atom stereocenters. The molecule has 21 heavy (non-hydrogen) atoms. The Morgan fingerprint density at radius 1 is 1.14 bits per heavy atom. The molecule has 110 valence electrons. The maximum Gasteiger partial charge on any atom is 0.258 e. The van der Waals surface area contributed by atoms with E-state index in [1.54, 1.807) is 17.0 Å². The molecular formula is C16H20N4O. The van der Waals surface area contributed by atoms with Crippen molar-refractivity contribution in [2.45, 2.75) is 33.2 Å². The zero-order valence-corrected chi connectivity index (χ0v) is 12.5. The van der Waals surface area contributed by atoms with E-state index in [9.17, 15) is 4.79 Å². The lowest BCUT2D eigenvalue weighted by Gasteiger charge is -2.22. The van der Waals surface area contributed by atoms with Crippen molar-refractivity contribution >= 4 is 5.95 Å². The van der Waals surface area contributed by atoms with E-state index in [-0.39, 0.29) is 5.56 Å². The summed E-state index contributed by atoms with van der Waals surface area (Å²) in [7, 11) is 0. The van der Waals surface area contributed by atoms with Gasteiger partial charge in [-0.25, -0.2) is 4.98 Å². The van der Waals surface area contributed by atoms with Gasteiger partial charge in [0.25, 0.3) is 5.56 Å². The quantitative estimate of drug-likeness (QED) is 0.864. The van der Waals surface area contributed by atoms with Crippen molar-refractivity contribution in [2.24, 2.45) is 0 Å². The van der Waals surface area contributed by atoms with Crippen molar-refractivity contribution < 1.29 is 0 Å². The van der Waals surface area contributed by atoms with Crippen LogP contribution in [-0.4, -0.2) is 27.6 Å². The molecule has 1 aliphatic rings. The van der Waals surface area contributed by atoms with Crippen molar-refractivity contribution in [2.75, 3.05) is 18.0 Å². The summed E-state index contributed by atoms with van der Waals surface area (Å²) >= 11 is 0. The van der Waals surface area contributed by atoms with Gasteiger partial charge in [-0.05, 0) is 44.4 Å². The maximum atomic E-state index is 12.7. The van der Waals surface area contributed by atoms with Gasteiger partial charge in [0.1, 0.15) is 0 Å². The molecule has 0 saturated carbocycles. The van der Waals surface area contributed by atoms with Gasteiger partial charge in [-0.2, -0.15) is 0 Å². The number of aryl methyl sites for hydroxylation is 1. The van der Waals surface area contributed by atoms with Crippen LogP contribution in [0.2, 0.25) is 0 Å². The standard InChI is InChI=1S/C16H20N4O/c1-12-13(2)18-16(19-9-3-4-10-19)20(15(12)21)11-14-5-7-17-8-6-14/h5-8H,3-4,9-11H2,1-2H3. The number of aromatic nitrogens is 3. The minimum Gasteiger partial charge on any atom is -0.342 e. The van der Waals surface area contributed by atoms with Gasteiger partial charge in [-0.1, -0.05) is 0 Å². The molecule has 0 spiro atoms. The topological polar surface area (TPSA) is 51.0 Å². The second kappa shape index (κ2) is 5.68. The number of nitrogens with zero attached hydrogens (tertiary/aromatic N) is 4. The predicted octanol–water partition coefficient (Wildman–Crippen LogP) is 1.90. The maximum absolute atomic E-state index is 12.7. The Hall–Kier alpha value is -2.17. The highest BCUT2D eigenvalue weighted by molar-refractivity contribution is 5.36. The molecular weight excluding hydrogens is 264 g/mol. The van der Waals surface area contributed by atoms with Crippen LogP contribution in [0.4, 0.5) is 5.95 Å². The van der Waals surface area contributed by atoms with E-state index in [0.717, 1.165) is 48.7 Å². The SMILES string of the molecule is Cc1nc(N2CCCC2)n(Cc2ccncc2)c(=O)c1C. The van der Waals surface area contributed by atoms with E-state index in [1.165, 1.54) is 0 Å². The van der Waals surface area contributed by atoms with Crippen LogP contribution in [0.5, 0.6) is 0 Å². The first kappa shape index (κ1) is 13.8. The largest absolute Gasteiger partial charge is 0.342 e. The van der Waals surface area contributed by atoms with Gasteiger partial charge in [0.2, 0.25) is 5.95 Å². The van der Waals surface area contributed by atoms with Crippen molar-refractivity contribution in [3.8, 4) is 0 Å². The third-order valence-corrected chi connectivity index (χ3v) is 4.10. The highest BCUT2D eigenvalue weighted by Gasteiger charge is 2.20. The van der Waals surface area contributed by atoms with Gasteiger partial charge in [0, 0.05) is 36.7 Å². The van der Waals surface area contributed by atoms with Crippen LogP contribution >= 0.6 is 0 Å². The van der Waals surface area contributed by atoms with Gasteiger partial charge in [-0.3, -0.25) is 14.3 Å². The predicted molar refractivity (Wildman–Crippen MR) is 82.8 cm³/mol. The summed E-state index contributed by atoms with van der Waals surface area (Å²) in [5.41, 5.74) is 2.68. The minimum atomic E-state index is 0.0567. The third kappa shape index (κ3) is 2.68. The highest BCUT2D eigenvalue weighted by atomic mass is 16.1. The average Bonchev–Trinajstić information content (AvgIpc) is 3.03. The van der Waals surface area contributed by atoms with Crippen molar-refractivity contribution in [3.63, 3.8) is 0 Å². The number of anilines is 1. The molecule has 0 amide bonds. The molecule has 3 rings (SSSR count). The second-order valence-corrected chi connectivity index (χ2v) is 5.56. The molecule has 0 bridgehead atoms. The van der Waals surface area contributed by atoms with E-state index >= 15 is 0 Å². The van der Waals surface area contributed by atoms with Crippen molar-refractivity contribution in [1.29, 1.82) is 0 Å². The van der Waals surface area contributed by atoms with Gasteiger partial charge < -0.3 is 4.90 Å². The lowest BCUT2D eigenvalue weighted by molar-refractivity contribution is 0.693. The molecule has 0 radical (unpaired) electrons. The molecule has 5 nitrogen and oxygen atoms in total. The van der Waals surface area contributed by atoms with Crippen LogP contribution < -0.4 is 10.5 Å². The van der Waals surface area contributed by atoms with Crippen LogP contribution in [0, 0.1) is 13.8 Å². The molecule has 2 aromatic heterocycles. The summed E-state index contributed by atoms with van der Waals surface area (Å²) in [5.74, 6) is 0.803. The molecule has 3 heterocycles. The first-order valence-electron chi connectivity index (χ1n) is 7.38. The molecule has 1 fully saturated rings. The second-order valence-electron chi connectivity index (χ2n) is 5.56. The minimum absolute atomic E-state index is 0.0567. The molecule has 0 aliphatic carbocycles. The van der Waals surface area contributed by atoms with Crippen LogP contribution in [0.3, 0.4) is 0 Å². The fraction of sp³-hybridized carbons (Fsp3) is 0.438. The molecule has 1 saturated heterocycles. The summed E-state index contributed by atoms with van der Waals surface area (Å²) in [6.07, 6.45) is 5.84. The van der Waals surface area contributed by atoms with Crippen molar-refractivity contribution in [1.82, 2.24) is 14.5 Å². The Morgan fingerprint density at radius 3 is 2.48 bits per heavy atom. The van der Waals surface area contributed by atoms with Gasteiger partial charge in [-0.15, -0.1) is 0 Å². The summed E-state index contributed by atoms with van der Waals surface area (Å²) in [4.78, 5) is 23.6. The van der Waals surface area contributed by atoms with Crippen LogP contribution in [0.1, 0.15) is 29.7 Å². The monoisotopic (exact) mass is 284 g/mol. The lowest BCUT2D eigenvalue weighted by atomic mass is 10.2. The Bertz CT molecular complexity index is 687. The van der Waals surface area contributed by atoms with E-state index in [0.29, 0.717) is 6.54 Å². The average molecular weight is 284 g/mol. The summed E-state index contributed by atoms with van der Waals surface area (Å²) in [6, 6.07) is 3.88. The van der Waals surface area contributed by atoms with Crippen LogP contribution in [0.15, 0.2) is 29.3 Å². The number of rotatable bonds is 3. The number of hydrogen-bond donors (Lipinski definition) is 0. The Kier molecular flexibility index (Phi) is 3.73. The normalized spacial score (nSPS) is 14.7. The van der Waals surface area contributed by atoms with Crippen LogP contribution in [-0.2, 0) is 6.54 Å². The summed E-state index contributed by atoms with van der Waals surface area (Å²) < 4.78 is 1.79.